The number of esters is 2. The Morgan fingerprint density at radius 2 is 1.05 bits per heavy atom. The quantitative estimate of drug-likeness (QED) is 0.0452. The Hall–Kier alpha value is -1.03. The normalized spacial score (nSPS) is 14.4. The Bertz CT molecular complexity index is 676. The zero-order valence-electron chi connectivity index (χ0n) is 25.8. The molecule has 0 radical (unpaired) electrons. The van der Waals surface area contributed by atoms with Gasteiger partial charge in [-0.3, -0.25) is 18.6 Å². The lowest BCUT2D eigenvalue weighted by Crippen LogP contribution is -2.29. The number of aliphatic hydroxyl groups is 2. The first-order valence-corrected chi connectivity index (χ1v) is 17.5. The van der Waals surface area contributed by atoms with E-state index < -0.39 is 51.8 Å². The third kappa shape index (κ3) is 27.5. The van der Waals surface area contributed by atoms with Gasteiger partial charge >= 0.3 is 19.8 Å². The summed E-state index contributed by atoms with van der Waals surface area (Å²) in [4.78, 5) is 34.4. The number of aliphatic hydroxyl groups excluding tert-OH is 2. The molecule has 2 unspecified atom stereocenters. The van der Waals surface area contributed by atoms with E-state index in [0.29, 0.717) is 12.8 Å². The molecule has 0 saturated heterocycles. The molecule has 0 aliphatic rings. The molecule has 3 atom stereocenters. The first-order valence-electron chi connectivity index (χ1n) is 16.0. The molecule has 0 aromatic heterocycles. The predicted octanol–water partition coefficient (Wildman–Crippen LogP) is 6.77. The fourth-order valence-corrected chi connectivity index (χ4v) is 5.02. The fraction of sp³-hybridized carbons (Fsp3) is 0.933. The lowest BCUT2D eigenvalue weighted by Gasteiger charge is -2.20. The lowest BCUT2D eigenvalue weighted by atomic mass is 10.1. The van der Waals surface area contributed by atoms with Gasteiger partial charge in [0.25, 0.3) is 0 Å². The molecule has 11 heteroatoms. The minimum absolute atomic E-state index is 0.189. The maximum atomic E-state index is 12.4. The average Bonchev–Trinajstić information content (AvgIpc) is 2.95. The van der Waals surface area contributed by atoms with Gasteiger partial charge in [-0.15, -0.1) is 0 Å². The minimum atomic E-state index is -4.59. The van der Waals surface area contributed by atoms with Crippen molar-refractivity contribution in [3.05, 3.63) is 0 Å². The molecule has 0 bridgehead atoms. The largest absolute Gasteiger partial charge is 0.472 e. The molecule has 0 spiro atoms. The van der Waals surface area contributed by atoms with Crippen LogP contribution in [0.2, 0.25) is 0 Å². The van der Waals surface area contributed by atoms with Gasteiger partial charge in [-0.2, -0.15) is 0 Å². The van der Waals surface area contributed by atoms with Crippen molar-refractivity contribution in [3.63, 3.8) is 0 Å². The summed E-state index contributed by atoms with van der Waals surface area (Å²) in [7, 11) is -4.59. The topological polar surface area (TPSA) is 149 Å². The third-order valence-electron chi connectivity index (χ3n) is 6.76. The summed E-state index contributed by atoms with van der Waals surface area (Å²) in [5.74, 6) is -0.927. The van der Waals surface area contributed by atoms with Crippen molar-refractivity contribution in [2.45, 2.75) is 154 Å². The van der Waals surface area contributed by atoms with Crippen molar-refractivity contribution in [2.75, 3.05) is 26.4 Å². The van der Waals surface area contributed by atoms with Crippen LogP contribution in [-0.2, 0) is 32.7 Å². The van der Waals surface area contributed by atoms with E-state index in [4.69, 9.17) is 19.1 Å². The Balaban J connectivity index is 4.46. The molecule has 41 heavy (non-hydrogen) atoms. The first kappa shape index (κ1) is 40.0. The van der Waals surface area contributed by atoms with Crippen LogP contribution >= 0.6 is 7.82 Å². The van der Waals surface area contributed by atoms with Gasteiger partial charge in [0.05, 0.1) is 19.8 Å². The van der Waals surface area contributed by atoms with Crippen molar-refractivity contribution >= 4 is 19.8 Å². The van der Waals surface area contributed by atoms with E-state index in [9.17, 15) is 24.2 Å². The molecule has 0 aromatic rings. The molecule has 3 N–H and O–H groups in total. The number of unbranched alkanes of at least 4 members (excludes halogenated alkanes) is 16. The highest BCUT2D eigenvalue weighted by atomic mass is 31.2. The summed E-state index contributed by atoms with van der Waals surface area (Å²) in [6.45, 7) is 2.30. The van der Waals surface area contributed by atoms with Crippen LogP contribution in [-0.4, -0.2) is 65.7 Å². The maximum Gasteiger partial charge on any atom is 0.472 e. The summed E-state index contributed by atoms with van der Waals surface area (Å²) in [6, 6.07) is 0. The number of carbonyl (C=O) groups is 2. The number of phosphoric acid groups is 1. The number of hydrogen-bond donors (Lipinski definition) is 3. The lowest BCUT2D eigenvalue weighted by molar-refractivity contribution is -0.161. The van der Waals surface area contributed by atoms with Crippen LogP contribution in [0.3, 0.4) is 0 Å². The van der Waals surface area contributed by atoms with Crippen molar-refractivity contribution in [1.29, 1.82) is 0 Å². The molecule has 244 valence electrons. The van der Waals surface area contributed by atoms with Gasteiger partial charge in [-0.25, -0.2) is 4.57 Å². The number of ether oxygens (including phenoxy) is 2. The predicted molar refractivity (Wildman–Crippen MR) is 159 cm³/mol. The molecule has 10 nitrogen and oxygen atoms in total. The molecular weight excluding hydrogens is 551 g/mol. The minimum Gasteiger partial charge on any atom is -0.462 e. The second-order valence-corrected chi connectivity index (χ2v) is 12.3. The summed E-state index contributed by atoms with van der Waals surface area (Å²) < 4.78 is 32.3. The molecule has 0 aliphatic carbocycles. The van der Waals surface area contributed by atoms with Gasteiger partial charge in [0, 0.05) is 12.8 Å². The van der Waals surface area contributed by atoms with Gasteiger partial charge in [-0.1, -0.05) is 117 Å². The molecular formula is C30H59O10P. The Morgan fingerprint density at radius 1 is 0.634 bits per heavy atom. The summed E-state index contributed by atoms with van der Waals surface area (Å²) >= 11 is 0. The van der Waals surface area contributed by atoms with E-state index in [2.05, 4.69) is 18.4 Å². The second-order valence-electron chi connectivity index (χ2n) is 10.8. The molecule has 0 heterocycles. The van der Waals surface area contributed by atoms with Crippen LogP contribution < -0.4 is 0 Å². The Morgan fingerprint density at radius 3 is 1.51 bits per heavy atom. The van der Waals surface area contributed by atoms with Gasteiger partial charge in [0.1, 0.15) is 12.7 Å². The molecule has 0 rings (SSSR count). The van der Waals surface area contributed by atoms with Crippen molar-refractivity contribution in [3.8, 4) is 0 Å². The van der Waals surface area contributed by atoms with E-state index in [1.54, 1.807) is 0 Å². The fourth-order valence-electron chi connectivity index (χ4n) is 4.23. The van der Waals surface area contributed by atoms with Crippen LogP contribution in [0.25, 0.3) is 0 Å². The van der Waals surface area contributed by atoms with Gasteiger partial charge in [0.15, 0.2) is 6.10 Å². The highest BCUT2D eigenvalue weighted by molar-refractivity contribution is 7.47. The molecule has 0 aromatic carbocycles. The molecule has 0 saturated carbocycles. The highest BCUT2D eigenvalue weighted by Crippen LogP contribution is 2.43. The summed E-state index contributed by atoms with van der Waals surface area (Å²) in [5, 5.41) is 18.1. The maximum absolute atomic E-state index is 12.4. The standard InChI is InChI=1S/C30H59O10P/c1-3-5-7-9-11-13-15-17-19-21-29(33)37-25-28(26-39-41(35,36)38-24-27(32)23-31)40-30(34)22-20-18-16-14-12-10-8-6-4-2/h27-28,31-32H,3-26H2,1-2H3,(H,35,36)/t27?,28-/m0/s1. The van der Waals surface area contributed by atoms with Crippen molar-refractivity contribution in [1.82, 2.24) is 0 Å². The number of rotatable bonds is 30. The van der Waals surface area contributed by atoms with Gasteiger partial charge in [-0.05, 0) is 12.8 Å². The number of phosphoric ester groups is 1. The van der Waals surface area contributed by atoms with Crippen LogP contribution in [0.15, 0.2) is 0 Å². The zero-order chi connectivity index (χ0) is 30.6. The van der Waals surface area contributed by atoms with Crippen LogP contribution in [0.1, 0.15) is 142 Å². The monoisotopic (exact) mass is 610 g/mol. The van der Waals surface area contributed by atoms with E-state index >= 15 is 0 Å². The SMILES string of the molecule is CCCCCCCCCCCC(=O)OC[C@@H](COP(=O)(O)OCC(O)CO)OC(=O)CCCCCCCCCCC. The Labute approximate surface area is 248 Å². The Kier molecular flexibility index (Phi) is 27.1. The molecule has 0 fully saturated rings. The van der Waals surface area contributed by atoms with E-state index in [0.717, 1.165) is 38.5 Å². The average molecular weight is 611 g/mol. The van der Waals surface area contributed by atoms with Gasteiger partial charge < -0.3 is 24.6 Å². The third-order valence-corrected chi connectivity index (χ3v) is 7.71. The van der Waals surface area contributed by atoms with Crippen molar-refractivity contribution in [2.24, 2.45) is 0 Å². The smallest absolute Gasteiger partial charge is 0.462 e. The number of carbonyl (C=O) groups excluding carboxylic acids is 2. The van der Waals surface area contributed by atoms with Crippen molar-refractivity contribution < 1.29 is 47.8 Å². The highest BCUT2D eigenvalue weighted by Gasteiger charge is 2.27. The van der Waals surface area contributed by atoms with Gasteiger partial charge in [0.2, 0.25) is 0 Å². The second kappa shape index (κ2) is 27.8. The summed E-state index contributed by atoms with van der Waals surface area (Å²) in [6.07, 6.45) is 18.1. The zero-order valence-corrected chi connectivity index (χ0v) is 26.7. The number of hydrogen-bond acceptors (Lipinski definition) is 9. The molecule has 0 amide bonds. The van der Waals surface area contributed by atoms with E-state index in [-0.39, 0.29) is 19.4 Å². The van der Waals surface area contributed by atoms with Crippen LogP contribution in [0.4, 0.5) is 0 Å². The van der Waals surface area contributed by atoms with Crippen LogP contribution in [0, 0.1) is 0 Å². The van der Waals surface area contributed by atoms with E-state index in [1.165, 1.54) is 64.2 Å². The van der Waals surface area contributed by atoms with Crippen LogP contribution in [0.5, 0.6) is 0 Å². The summed E-state index contributed by atoms with van der Waals surface area (Å²) in [5.41, 5.74) is 0. The molecule has 0 aliphatic heterocycles. The van der Waals surface area contributed by atoms with E-state index in [1.807, 2.05) is 0 Å². The first-order chi connectivity index (χ1) is 19.7.